The van der Waals surface area contributed by atoms with E-state index < -0.39 is 0 Å². The Balaban J connectivity index is 0.000000810. The quantitative estimate of drug-likeness (QED) is 0.699. The molecule has 2 N–H and O–H groups in total. The zero-order valence-electron chi connectivity index (χ0n) is 6.01. The van der Waals surface area contributed by atoms with Crippen LogP contribution in [0.1, 0.15) is 32.1 Å². The van der Waals surface area contributed by atoms with Gasteiger partial charge in [0.2, 0.25) is 5.91 Å². The van der Waals surface area contributed by atoms with Crippen LogP contribution < -0.4 is 5.73 Å². The second-order valence-electron chi connectivity index (χ2n) is 2.74. The van der Waals surface area contributed by atoms with Crippen molar-refractivity contribution < 1.29 is 4.79 Å². The molecule has 0 bridgehead atoms. The molecule has 0 aliphatic heterocycles. The molecule has 0 atom stereocenters. The standard InChI is InChI=1S/C7H13NO.BrH/c8-7(9)6-4-2-1-3-5-6;/h6H,1-5H2,(H2,8,9);1H. The second-order valence-corrected chi connectivity index (χ2v) is 2.74. The van der Waals surface area contributed by atoms with Crippen LogP contribution in [0.25, 0.3) is 0 Å². The fourth-order valence-corrected chi connectivity index (χ4v) is 1.39. The normalized spacial score (nSPS) is 19.6. The van der Waals surface area contributed by atoms with E-state index in [0.717, 1.165) is 12.8 Å². The maximum Gasteiger partial charge on any atom is 0.220 e. The summed E-state index contributed by atoms with van der Waals surface area (Å²) < 4.78 is 0. The summed E-state index contributed by atoms with van der Waals surface area (Å²) in [6, 6.07) is 0. The lowest BCUT2D eigenvalue weighted by molar-refractivity contribution is -0.122. The summed E-state index contributed by atoms with van der Waals surface area (Å²) in [5.41, 5.74) is 5.13. The molecule has 0 spiro atoms. The van der Waals surface area contributed by atoms with E-state index in [1.807, 2.05) is 0 Å². The molecule has 0 radical (unpaired) electrons. The van der Waals surface area contributed by atoms with Crippen LogP contribution in [0, 0.1) is 5.92 Å². The largest absolute Gasteiger partial charge is 0.369 e. The van der Waals surface area contributed by atoms with Gasteiger partial charge in [0, 0.05) is 5.92 Å². The van der Waals surface area contributed by atoms with Gasteiger partial charge in [0.25, 0.3) is 0 Å². The molecule has 1 fully saturated rings. The number of hydrogen-bond acceptors (Lipinski definition) is 1. The van der Waals surface area contributed by atoms with Gasteiger partial charge in [-0.15, -0.1) is 17.0 Å². The smallest absolute Gasteiger partial charge is 0.220 e. The van der Waals surface area contributed by atoms with Gasteiger partial charge in [0.05, 0.1) is 0 Å². The Labute approximate surface area is 71.9 Å². The number of nitrogens with two attached hydrogens (primary N) is 1. The first-order valence-corrected chi connectivity index (χ1v) is 3.60. The first-order chi connectivity index (χ1) is 4.30. The first kappa shape index (κ1) is 9.95. The number of carbonyl (C=O) groups excluding carboxylic acids is 1. The molecular formula is C7H14BrNO. The van der Waals surface area contributed by atoms with Gasteiger partial charge in [-0.2, -0.15) is 0 Å². The van der Waals surface area contributed by atoms with Crippen molar-refractivity contribution in [2.24, 2.45) is 11.7 Å². The SMILES string of the molecule is Br.NC(=O)C1CCCCC1. The Bertz CT molecular complexity index is 110. The van der Waals surface area contributed by atoms with E-state index in [1.165, 1.54) is 19.3 Å². The van der Waals surface area contributed by atoms with Gasteiger partial charge in [-0.3, -0.25) is 4.79 Å². The zero-order valence-corrected chi connectivity index (χ0v) is 7.72. The number of hydrogen-bond donors (Lipinski definition) is 1. The van der Waals surface area contributed by atoms with Crippen LogP contribution in [0.3, 0.4) is 0 Å². The molecule has 1 saturated carbocycles. The monoisotopic (exact) mass is 207 g/mol. The molecule has 1 aliphatic carbocycles. The predicted octanol–water partition coefficient (Wildman–Crippen LogP) is 1.63. The molecule has 1 rings (SSSR count). The number of primary amides is 1. The fraction of sp³-hybridized carbons (Fsp3) is 0.857. The van der Waals surface area contributed by atoms with Gasteiger partial charge in [-0.25, -0.2) is 0 Å². The van der Waals surface area contributed by atoms with Crippen LogP contribution in [0.15, 0.2) is 0 Å². The minimum absolute atomic E-state index is 0. The highest BCUT2D eigenvalue weighted by atomic mass is 79.9. The van der Waals surface area contributed by atoms with Crippen LogP contribution in [0.4, 0.5) is 0 Å². The molecule has 1 amide bonds. The average Bonchev–Trinajstić information content (AvgIpc) is 1.90. The molecule has 60 valence electrons. The lowest BCUT2D eigenvalue weighted by Crippen LogP contribution is -2.24. The summed E-state index contributed by atoms with van der Waals surface area (Å²) in [5, 5.41) is 0. The maximum atomic E-state index is 10.6. The number of amides is 1. The predicted molar refractivity (Wildman–Crippen MR) is 46.1 cm³/mol. The van der Waals surface area contributed by atoms with Crippen molar-refractivity contribution in [2.45, 2.75) is 32.1 Å². The van der Waals surface area contributed by atoms with Gasteiger partial charge < -0.3 is 5.73 Å². The summed E-state index contributed by atoms with van der Waals surface area (Å²) in [6.45, 7) is 0. The Morgan fingerprint density at radius 1 is 1.20 bits per heavy atom. The van der Waals surface area contributed by atoms with Crippen LogP contribution in [0.2, 0.25) is 0 Å². The van der Waals surface area contributed by atoms with Crippen molar-refractivity contribution in [1.29, 1.82) is 0 Å². The van der Waals surface area contributed by atoms with Crippen molar-refractivity contribution >= 4 is 22.9 Å². The van der Waals surface area contributed by atoms with E-state index in [9.17, 15) is 4.79 Å². The lowest BCUT2D eigenvalue weighted by Gasteiger charge is -2.17. The van der Waals surface area contributed by atoms with Gasteiger partial charge in [-0.05, 0) is 12.8 Å². The van der Waals surface area contributed by atoms with Crippen LogP contribution in [-0.2, 0) is 4.79 Å². The van der Waals surface area contributed by atoms with Gasteiger partial charge in [-0.1, -0.05) is 19.3 Å². The topological polar surface area (TPSA) is 43.1 Å². The van der Waals surface area contributed by atoms with Crippen molar-refractivity contribution in [3.8, 4) is 0 Å². The summed E-state index contributed by atoms with van der Waals surface area (Å²) >= 11 is 0. The number of rotatable bonds is 1. The van der Waals surface area contributed by atoms with E-state index in [2.05, 4.69) is 0 Å². The molecule has 1 aliphatic rings. The van der Waals surface area contributed by atoms with Crippen LogP contribution >= 0.6 is 17.0 Å². The third-order valence-corrected chi connectivity index (χ3v) is 2.01. The fourth-order valence-electron chi connectivity index (χ4n) is 1.39. The van der Waals surface area contributed by atoms with Crippen molar-refractivity contribution in [3.63, 3.8) is 0 Å². The molecule has 10 heavy (non-hydrogen) atoms. The second kappa shape index (κ2) is 4.72. The molecular weight excluding hydrogens is 194 g/mol. The Kier molecular flexibility index (Phi) is 4.69. The summed E-state index contributed by atoms with van der Waals surface area (Å²) in [7, 11) is 0. The van der Waals surface area contributed by atoms with E-state index in [-0.39, 0.29) is 28.8 Å². The highest BCUT2D eigenvalue weighted by Gasteiger charge is 2.17. The van der Waals surface area contributed by atoms with E-state index in [4.69, 9.17) is 5.73 Å². The summed E-state index contributed by atoms with van der Waals surface area (Å²) in [5.74, 6) is 0.0912. The average molecular weight is 208 g/mol. The molecule has 3 heteroatoms. The van der Waals surface area contributed by atoms with E-state index in [1.54, 1.807) is 0 Å². The molecule has 0 aromatic heterocycles. The molecule has 0 aromatic rings. The minimum Gasteiger partial charge on any atom is -0.369 e. The van der Waals surface area contributed by atoms with Crippen molar-refractivity contribution in [1.82, 2.24) is 0 Å². The van der Waals surface area contributed by atoms with Gasteiger partial charge in [0.15, 0.2) is 0 Å². The third kappa shape index (κ3) is 2.69. The molecule has 2 nitrogen and oxygen atoms in total. The Hall–Kier alpha value is -0.0500. The van der Waals surface area contributed by atoms with Gasteiger partial charge >= 0.3 is 0 Å². The summed E-state index contributed by atoms with van der Waals surface area (Å²) in [6.07, 6.45) is 5.70. The van der Waals surface area contributed by atoms with Gasteiger partial charge in [0.1, 0.15) is 0 Å². The van der Waals surface area contributed by atoms with Crippen LogP contribution in [0.5, 0.6) is 0 Å². The van der Waals surface area contributed by atoms with E-state index >= 15 is 0 Å². The highest BCUT2D eigenvalue weighted by molar-refractivity contribution is 8.93. The number of carbonyl (C=O) groups is 1. The first-order valence-electron chi connectivity index (χ1n) is 3.60. The van der Waals surface area contributed by atoms with Crippen molar-refractivity contribution in [2.75, 3.05) is 0 Å². The Morgan fingerprint density at radius 3 is 2.00 bits per heavy atom. The highest BCUT2D eigenvalue weighted by Crippen LogP contribution is 2.22. The Morgan fingerprint density at radius 2 is 1.70 bits per heavy atom. The summed E-state index contributed by atoms with van der Waals surface area (Å²) in [4.78, 5) is 10.6. The number of halogens is 1. The maximum absolute atomic E-state index is 10.6. The molecule has 0 unspecified atom stereocenters. The van der Waals surface area contributed by atoms with Crippen molar-refractivity contribution in [3.05, 3.63) is 0 Å². The lowest BCUT2D eigenvalue weighted by atomic mass is 9.89. The van der Waals surface area contributed by atoms with Crippen LogP contribution in [-0.4, -0.2) is 5.91 Å². The van der Waals surface area contributed by atoms with E-state index in [0.29, 0.717) is 0 Å². The molecule has 0 aromatic carbocycles. The zero-order chi connectivity index (χ0) is 6.69. The molecule has 0 saturated heterocycles. The third-order valence-electron chi connectivity index (χ3n) is 2.01. The molecule has 0 heterocycles. The minimum atomic E-state index is -0.102.